The van der Waals surface area contributed by atoms with Gasteiger partial charge in [0.25, 0.3) is 5.56 Å². The van der Waals surface area contributed by atoms with Gasteiger partial charge < -0.3 is 9.55 Å². The number of carbonyl (C=O) groups excluding carboxylic acids is 1. The third-order valence-corrected chi connectivity index (χ3v) is 7.32. The Balaban J connectivity index is 1.53. The van der Waals surface area contributed by atoms with Crippen molar-refractivity contribution >= 4 is 45.0 Å². The van der Waals surface area contributed by atoms with Crippen molar-refractivity contribution in [3.8, 4) is 11.1 Å². The zero-order valence-electron chi connectivity index (χ0n) is 20.5. The summed E-state index contributed by atoms with van der Waals surface area (Å²) in [7, 11) is 0. The lowest BCUT2D eigenvalue weighted by Gasteiger charge is -2.20. The number of pyridine rings is 1. The molecule has 2 aromatic heterocycles. The van der Waals surface area contributed by atoms with Crippen LogP contribution in [0, 0.1) is 0 Å². The average molecular weight is 509 g/mol. The topological polar surface area (TPSA) is 70.5 Å². The van der Waals surface area contributed by atoms with E-state index in [1.165, 1.54) is 11.9 Å². The molecule has 1 aliphatic heterocycles. The summed E-state index contributed by atoms with van der Waals surface area (Å²) in [5.74, 6) is -0.173. The molecule has 0 bridgehead atoms. The van der Waals surface area contributed by atoms with Crippen LogP contribution in [0.5, 0.6) is 0 Å². The van der Waals surface area contributed by atoms with Crippen LogP contribution in [0.2, 0.25) is 5.02 Å². The molecular formula is C30H25ClN4O2. The van der Waals surface area contributed by atoms with Crippen LogP contribution >= 0.6 is 11.6 Å². The molecule has 1 N–H and O–H groups in total. The van der Waals surface area contributed by atoms with E-state index in [9.17, 15) is 9.59 Å². The Hall–Kier alpha value is -4.16. The second-order valence-electron chi connectivity index (χ2n) is 9.31. The van der Waals surface area contributed by atoms with E-state index in [2.05, 4.69) is 46.9 Å². The summed E-state index contributed by atoms with van der Waals surface area (Å²) >= 11 is 6.38. The maximum Gasteiger partial charge on any atom is 0.258 e. The Morgan fingerprint density at radius 1 is 1.05 bits per heavy atom. The van der Waals surface area contributed by atoms with Crippen LogP contribution in [0.4, 0.5) is 0 Å². The Bertz CT molecular complexity index is 1770. The zero-order valence-corrected chi connectivity index (χ0v) is 21.3. The summed E-state index contributed by atoms with van der Waals surface area (Å²) in [5.41, 5.74) is 5.28. The molecule has 1 amide bonds. The number of fused-ring (bicyclic) bond motifs is 2. The number of carbonyl (C=O) groups is 1. The SMILES string of the molecule is CCn1ccc2cc(C3CC(c4c(-c5ccccc5)c5cc(Cl)ccc5[nH]c4=O)=NN3C(C)=O)ccc21. The summed E-state index contributed by atoms with van der Waals surface area (Å²) in [6.07, 6.45) is 2.49. The third-order valence-electron chi connectivity index (χ3n) is 7.08. The molecule has 0 saturated carbocycles. The highest BCUT2D eigenvalue weighted by molar-refractivity contribution is 6.31. The van der Waals surface area contributed by atoms with E-state index in [0.717, 1.165) is 39.5 Å². The number of nitrogens with one attached hydrogen (secondary N) is 1. The van der Waals surface area contributed by atoms with Gasteiger partial charge in [-0.25, -0.2) is 5.01 Å². The summed E-state index contributed by atoms with van der Waals surface area (Å²) in [5, 5.41) is 8.76. The van der Waals surface area contributed by atoms with Gasteiger partial charge >= 0.3 is 0 Å². The fraction of sp³-hybridized carbons (Fsp3) is 0.167. The van der Waals surface area contributed by atoms with E-state index in [4.69, 9.17) is 16.7 Å². The second kappa shape index (κ2) is 9.05. The predicted octanol–water partition coefficient (Wildman–Crippen LogP) is 6.52. The number of rotatable bonds is 4. The molecule has 6 nitrogen and oxygen atoms in total. The number of aromatic amines is 1. The van der Waals surface area contributed by atoms with E-state index < -0.39 is 0 Å². The molecule has 5 aromatic rings. The Kier molecular flexibility index (Phi) is 5.69. The molecule has 37 heavy (non-hydrogen) atoms. The summed E-state index contributed by atoms with van der Waals surface area (Å²) < 4.78 is 2.18. The van der Waals surface area contributed by atoms with Crippen LogP contribution < -0.4 is 5.56 Å². The highest BCUT2D eigenvalue weighted by atomic mass is 35.5. The number of amides is 1. The highest BCUT2D eigenvalue weighted by Crippen LogP contribution is 2.38. The summed E-state index contributed by atoms with van der Waals surface area (Å²) in [4.78, 5) is 29.3. The minimum Gasteiger partial charge on any atom is -0.348 e. The van der Waals surface area contributed by atoms with Gasteiger partial charge in [-0.1, -0.05) is 48.0 Å². The third kappa shape index (κ3) is 3.94. The number of hydrogen-bond donors (Lipinski definition) is 1. The van der Waals surface area contributed by atoms with Crippen molar-refractivity contribution in [1.29, 1.82) is 0 Å². The van der Waals surface area contributed by atoms with Crippen LogP contribution in [-0.2, 0) is 11.3 Å². The molecule has 6 rings (SSSR count). The number of hydrogen-bond acceptors (Lipinski definition) is 3. The van der Waals surface area contributed by atoms with Crippen molar-refractivity contribution in [2.24, 2.45) is 5.10 Å². The minimum atomic E-state index is -0.306. The number of nitrogens with zero attached hydrogens (tertiary/aromatic N) is 3. The van der Waals surface area contributed by atoms with Crippen LogP contribution in [0.3, 0.4) is 0 Å². The molecule has 1 atom stereocenters. The largest absolute Gasteiger partial charge is 0.348 e. The summed E-state index contributed by atoms with van der Waals surface area (Å²) in [6, 6.07) is 23.2. The quantitative estimate of drug-likeness (QED) is 0.300. The normalized spacial score (nSPS) is 15.5. The van der Waals surface area contributed by atoms with Gasteiger partial charge in [-0.3, -0.25) is 9.59 Å². The van der Waals surface area contributed by atoms with E-state index in [1.807, 2.05) is 42.5 Å². The van der Waals surface area contributed by atoms with Gasteiger partial charge in [-0.2, -0.15) is 5.10 Å². The number of H-pyrrole nitrogens is 1. The molecule has 0 saturated heterocycles. The van der Waals surface area contributed by atoms with Crippen molar-refractivity contribution in [2.75, 3.05) is 0 Å². The van der Waals surface area contributed by atoms with E-state index >= 15 is 0 Å². The molecule has 0 radical (unpaired) electrons. The number of hydrazone groups is 1. The Morgan fingerprint density at radius 2 is 1.86 bits per heavy atom. The molecule has 0 spiro atoms. The standard InChI is InChI=1S/C30H25ClN4O2/c1-3-34-14-13-21-15-20(9-12-26(21)34)27-17-25(33-35(27)18(2)36)29-28(19-7-5-4-6-8-19)23-16-22(31)10-11-24(23)32-30(29)37/h4-16,27H,3,17H2,1-2H3,(H,32,37). The van der Waals surface area contributed by atoms with Crippen LogP contribution in [0.1, 0.15) is 37.4 Å². The summed E-state index contributed by atoms with van der Waals surface area (Å²) in [6.45, 7) is 4.50. The Labute approximate surface area is 218 Å². The molecule has 0 aliphatic carbocycles. The van der Waals surface area contributed by atoms with Gasteiger partial charge in [0.1, 0.15) is 0 Å². The first-order valence-electron chi connectivity index (χ1n) is 12.3. The molecule has 1 aliphatic rings. The molecule has 3 heterocycles. The second-order valence-corrected chi connectivity index (χ2v) is 9.75. The van der Waals surface area contributed by atoms with Crippen molar-refractivity contribution in [2.45, 2.75) is 32.9 Å². The lowest BCUT2D eigenvalue weighted by Crippen LogP contribution is -2.24. The van der Waals surface area contributed by atoms with Crippen molar-refractivity contribution < 1.29 is 4.79 Å². The van der Waals surface area contributed by atoms with Gasteiger partial charge in [0.15, 0.2) is 0 Å². The fourth-order valence-corrected chi connectivity index (χ4v) is 5.53. The number of aromatic nitrogens is 2. The minimum absolute atomic E-state index is 0.173. The fourth-order valence-electron chi connectivity index (χ4n) is 5.36. The highest BCUT2D eigenvalue weighted by Gasteiger charge is 2.34. The van der Waals surface area contributed by atoms with Gasteiger partial charge in [0.05, 0.1) is 17.3 Å². The lowest BCUT2D eigenvalue weighted by atomic mass is 9.91. The van der Waals surface area contributed by atoms with E-state index in [0.29, 0.717) is 28.2 Å². The van der Waals surface area contributed by atoms with E-state index in [-0.39, 0.29) is 17.5 Å². The van der Waals surface area contributed by atoms with Crippen molar-refractivity contribution in [1.82, 2.24) is 14.6 Å². The van der Waals surface area contributed by atoms with Gasteiger partial charge in [-0.15, -0.1) is 0 Å². The molecule has 0 fully saturated rings. The first kappa shape index (κ1) is 23.3. The van der Waals surface area contributed by atoms with Crippen LogP contribution in [-0.4, -0.2) is 26.2 Å². The molecule has 184 valence electrons. The van der Waals surface area contributed by atoms with Gasteiger partial charge in [0, 0.05) is 53.1 Å². The van der Waals surface area contributed by atoms with Gasteiger partial charge in [-0.05, 0) is 59.8 Å². The van der Waals surface area contributed by atoms with Crippen molar-refractivity contribution in [3.63, 3.8) is 0 Å². The predicted molar refractivity (Wildman–Crippen MR) is 149 cm³/mol. The number of halogens is 1. The first-order chi connectivity index (χ1) is 17.9. The zero-order chi connectivity index (χ0) is 25.7. The molecule has 7 heteroatoms. The van der Waals surface area contributed by atoms with E-state index in [1.54, 1.807) is 6.07 Å². The Morgan fingerprint density at radius 3 is 2.62 bits per heavy atom. The average Bonchev–Trinajstić information content (AvgIpc) is 3.53. The smallest absolute Gasteiger partial charge is 0.258 e. The lowest BCUT2D eigenvalue weighted by molar-refractivity contribution is -0.130. The number of benzene rings is 3. The number of aryl methyl sites for hydroxylation is 1. The molecular weight excluding hydrogens is 484 g/mol. The maximum absolute atomic E-state index is 13.6. The van der Waals surface area contributed by atoms with Gasteiger partial charge in [0.2, 0.25) is 5.91 Å². The molecule has 3 aromatic carbocycles. The molecule has 1 unspecified atom stereocenters. The van der Waals surface area contributed by atoms with Crippen molar-refractivity contribution in [3.05, 3.63) is 105 Å². The van der Waals surface area contributed by atoms with Crippen LogP contribution in [0.25, 0.3) is 32.9 Å². The maximum atomic E-state index is 13.6. The monoisotopic (exact) mass is 508 g/mol. The van der Waals surface area contributed by atoms with Crippen LogP contribution in [0.15, 0.2) is 88.9 Å². The first-order valence-corrected chi connectivity index (χ1v) is 12.7.